The number of para-hydroxylation sites is 1. The number of nitrogens with zero attached hydrogens (tertiary/aromatic N) is 2. The number of benzene rings is 2. The molecule has 1 aromatic heterocycles. The van der Waals surface area contributed by atoms with E-state index in [2.05, 4.69) is 24.1 Å². The van der Waals surface area contributed by atoms with Crippen molar-refractivity contribution in [3.05, 3.63) is 63.7 Å². The number of amides is 1. The molecule has 5 rings (SSSR count). The van der Waals surface area contributed by atoms with Gasteiger partial charge in [-0.05, 0) is 44.5 Å². The maximum atomic E-state index is 12.6. The Balaban J connectivity index is 1.23. The maximum Gasteiger partial charge on any atom is 0.261 e. The first-order chi connectivity index (χ1) is 14.9. The molecule has 0 unspecified atom stereocenters. The first-order valence-electron chi connectivity index (χ1n) is 10.7. The minimum Gasteiger partial charge on any atom is -0.488 e. The number of hydrogen-bond acceptors (Lipinski definition) is 5. The molecule has 0 atom stereocenters. The van der Waals surface area contributed by atoms with Gasteiger partial charge in [-0.1, -0.05) is 12.1 Å². The average molecular weight is 419 g/mol. The lowest BCUT2D eigenvalue weighted by atomic mass is 10.0. The van der Waals surface area contributed by atoms with Crippen molar-refractivity contribution in [2.75, 3.05) is 13.2 Å². The predicted octanol–water partition coefficient (Wildman–Crippen LogP) is 2.87. The highest BCUT2D eigenvalue weighted by Crippen LogP contribution is 2.41. The van der Waals surface area contributed by atoms with Crippen molar-refractivity contribution in [2.24, 2.45) is 0 Å². The zero-order valence-electron chi connectivity index (χ0n) is 17.7. The highest BCUT2D eigenvalue weighted by molar-refractivity contribution is 5.97. The Kier molecular flexibility index (Phi) is 4.68. The molecule has 7 heteroatoms. The molecule has 0 saturated carbocycles. The van der Waals surface area contributed by atoms with Crippen molar-refractivity contribution in [3.8, 4) is 11.5 Å². The Labute approximate surface area is 180 Å². The maximum absolute atomic E-state index is 12.6. The van der Waals surface area contributed by atoms with E-state index in [4.69, 9.17) is 9.47 Å². The van der Waals surface area contributed by atoms with Crippen LogP contribution in [0.1, 0.15) is 42.0 Å². The average Bonchev–Trinajstić information content (AvgIpc) is 3.33. The van der Waals surface area contributed by atoms with Gasteiger partial charge in [-0.25, -0.2) is 4.98 Å². The van der Waals surface area contributed by atoms with Crippen LogP contribution in [0.5, 0.6) is 11.5 Å². The summed E-state index contributed by atoms with van der Waals surface area (Å²) in [5.74, 6) is 2.06. The van der Waals surface area contributed by atoms with Crippen LogP contribution in [0.4, 0.5) is 0 Å². The van der Waals surface area contributed by atoms with E-state index >= 15 is 0 Å². The second-order valence-electron chi connectivity index (χ2n) is 8.71. The Hall–Kier alpha value is -3.35. The fourth-order valence-corrected chi connectivity index (χ4v) is 4.35. The zero-order chi connectivity index (χ0) is 21.6. The van der Waals surface area contributed by atoms with Gasteiger partial charge in [0.1, 0.15) is 18.0 Å². The van der Waals surface area contributed by atoms with Gasteiger partial charge in [0.2, 0.25) is 0 Å². The van der Waals surface area contributed by atoms with Gasteiger partial charge in [-0.15, -0.1) is 0 Å². The Morgan fingerprint density at radius 2 is 2.16 bits per heavy atom. The molecule has 1 N–H and O–H groups in total. The molecule has 0 spiro atoms. The summed E-state index contributed by atoms with van der Waals surface area (Å²) in [5.41, 5.74) is 1.92. The topological polar surface area (TPSA) is 82.5 Å². The summed E-state index contributed by atoms with van der Waals surface area (Å²) in [5, 5.41) is 3.42. The van der Waals surface area contributed by atoms with Crippen LogP contribution in [0.25, 0.3) is 10.9 Å². The molecule has 1 amide bonds. The molecule has 160 valence electrons. The van der Waals surface area contributed by atoms with E-state index in [0.717, 1.165) is 36.4 Å². The highest BCUT2D eigenvalue weighted by Gasteiger charge is 2.32. The van der Waals surface area contributed by atoms with Crippen LogP contribution in [0.2, 0.25) is 0 Å². The number of carbonyl (C=O) groups is 1. The fraction of sp³-hybridized carbons (Fsp3) is 0.375. The number of nitrogens with one attached hydrogen (secondary N) is 1. The van der Waals surface area contributed by atoms with Crippen LogP contribution in [0.15, 0.2) is 41.2 Å². The number of aromatic nitrogens is 2. The van der Waals surface area contributed by atoms with Gasteiger partial charge in [0.05, 0.1) is 17.4 Å². The molecule has 0 fully saturated rings. The number of aryl methyl sites for hydroxylation is 1. The largest absolute Gasteiger partial charge is 0.488 e. The second kappa shape index (κ2) is 7.41. The van der Waals surface area contributed by atoms with Gasteiger partial charge >= 0.3 is 0 Å². The standard InChI is InChI=1S/C24H25N3O4/c1-24(2)14-16-5-3-6-19(21(16)31-24)30-12-10-25-22(28)15-8-9-17-18(13-15)26-20-7-4-11-27(20)23(17)29/h3,5-6,8-9,13H,4,7,10-12,14H2,1-2H3,(H,25,28). The summed E-state index contributed by atoms with van der Waals surface area (Å²) in [6.45, 7) is 5.50. The summed E-state index contributed by atoms with van der Waals surface area (Å²) in [6, 6.07) is 10.9. The van der Waals surface area contributed by atoms with Gasteiger partial charge < -0.3 is 14.8 Å². The third-order valence-electron chi connectivity index (χ3n) is 5.78. The van der Waals surface area contributed by atoms with Crippen LogP contribution in [0, 0.1) is 0 Å². The molecule has 2 aliphatic rings. The molecule has 0 saturated heterocycles. The molecule has 0 radical (unpaired) electrons. The van der Waals surface area contributed by atoms with Crippen LogP contribution < -0.4 is 20.3 Å². The lowest BCUT2D eigenvalue weighted by Crippen LogP contribution is -2.28. The summed E-state index contributed by atoms with van der Waals surface area (Å²) in [6.07, 6.45) is 2.57. The highest BCUT2D eigenvalue weighted by atomic mass is 16.5. The Morgan fingerprint density at radius 3 is 3.03 bits per heavy atom. The third-order valence-corrected chi connectivity index (χ3v) is 5.78. The lowest BCUT2D eigenvalue weighted by Gasteiger charge is -2.18. The monoisotopic (exact) mass is 419 g/mol. The van der Waals surface area contributed by atoms with E-state index in [0.29, 0.717) is 41.9 Å². The van der Waals surface area contributed by atoms with E-state index in [1.54, 1.807) is 22.8 Å². The normalized spacial score (nSPS) is 15.9. The fourth-order valence-electron chi connectivity index (χ4n) is 4.35. The lowest BCUT2D eigenvalue weighted by molar-refractivity contribution is 0.0946. The SMILES string of the molecule is CC1(C)Cc2cccc(OCCNC(=O)c3ccc4c(=O)n5c(nc4c3)CCC5)c2O1. The zero-order valence-corrected chi connectivity index (χ0v) is 17.7. The van der Waals surface area contributed by atoms with Crippen LogP contribution in [-0.2, 0) is 19.4 Å². The van der Waals surface area contributed by atoms with Gasteiger partial charge in [-0.3, -0.25) is 14.2 Å². The molecule has 0 aliphatic carbocycles. The summed E-state index contributed by atoms with van der Waals surface area (Å²) >= 11 is 0. The molecule has 2 aliphatic heterocycles. The summed E-state index contributed by atoms with van der Waals surface area (Å²) < 4.78 is 13.6. The first-order valence-corrected chi connectivity index (χ1v) is 10.7. The van der Waals surface area contributed by atoms with Crippen molar-refractivity contribution in [1.82, 2.24) is 14.9 Å². The van der Waals surface area contributed by atoms with E-state index < -0.39 is 0 Å². The van der Waals surface area contributed by atoms with Gasteiger partial charge in [-0.2, -0.15) is 0 Å². The molecule has 2 aromatic carbocycles. The molecular weight excluding hydrogens is 394 g/mol. The van der Waals surface area contributed by atoms with E-state index in [9.17, 15) is 9.59 Å². The minimum absolute atomic E-state index is 0.0290. The Bertz CT molecular complexity index is 1250. The number of carbonyl (C=O) groups excluding carboxylic acids is 1. The third kappa shape index (κ3) is 3.65. The quantitative estimate of drug-likeness (QED) is 0.643. The van der Waals surface area contributed by atoms with Crippen molar-refractivity contribution in [3.63, 3.8) is 0 Å². The van der Waals surface area contributed by atoms with Gasteiger partial charge in [0.25, 0.3) is 11.5 Å². The number of fused-ring (bicyclic) bond motifs is 3. The predicted molar refractivity (Wildman–Crippen MR) is 117 cm³/mol. The molecule has 3 heterocycles. The second-order valence-corrected chi connectivity index (χ2v) is 8.71. The van der Waals surface area contributed by atoms with E-state index in [-0.39, 0.29) is 17.1 Å². The minimum atomic E-state index is -0.233. The number of rotatable bonds is 5. The smallest absolute Gasteiger partial charge is 0.261 e. The van der Waals surface area contributed by atoms with Crippen molar-refractivity contribution < 1.29 is 14.3 Å². The molecule has 3 aromatic rings. The number of ether oxygens (including phenoxy) is 2. The Morgan fingerprint density at radius 1 is 1.29 bits per heavy atom. The van der Waals surface area contributed by atoms with Gasteiger partial charge in [0, 0.05) is 30.5 Å². The molecule has 7 nitrogen and oxygen atoms in total. The van der Waals surface area contributed by atoms with E-state index in [1.807, 2.05) is 18.2 Å². The molecular formula is C24H25N3O4. The van der Waals surface area contributed by atoms with Crippen LogP contribution >= 0.6 is 0 Å². The molecule has 0 bridgehead atoms. The van der Waals surface area contributed by atoms with Gasteiger partial charge in [0.15, 0.2) is 11.5 Å². The van der Waals surface area contributed by atoms with Crippen LogP contribution in [-0.4, -0.2) is 34.2 Å². The van der Waals surface area contributed by atoms with Crippen LogP contribution in [0.3, 0.4) is 0 Å². The van der Waals surface area contributed by atoms with Crippen molar-refractivity contribution in [2.45, 2.75) is 45.3 Å². The summed E-state index contributed by atoms with van der Waals surface area (Å²) in [7, 11) is 0. The summed E-state index contributed by atoms with van der Waals surface area (Å²) in [4.78, 5) is 29.7. The molecule has 31 heavy (non-hydrogen) atoms. The van der Waals surface area contributed by atoms with Crippen molar-refractivity contribution >= 4 is 16.8 Å². The first kappa shape index (κ1) is 19.6. The van der Waals surface area contributed by atoms with Crippen molar-refractivity contribution in [1.29, 1.82) is 0 Å². The van der Waals surface area contributed by atoms with E-state index in [1.165, 1.54) is 0 Å². The number of hydrogen-bond donors (Lipinski definition) is 1.